The average molecular weight is 225 g/mol. The zero-order valence-electron chi connectivity index (χ0n) is 9.34. The fraction of sp³-hybridized carbons (Fsp3) is 0.0769. The highest BCUT2D eigenvalue weighted by molar-refractivity contribution is 5.60. The van der Waals surface area contributed by atoms with Crippen LogP contribution in [0.3, 0.4) is 0 Å². The maximum absolute atomic E-state index is 11.4. The topological polar surface area (TPSA) is 50.2 Å². The minimum Gasteiger partial charge on any atom is -0.307 e. The summed E-state index contributed by atoms with van der Waals surface area (Å²) in [5, 5.41) is 0. The van der Waals surface area contributed by atoms with Gasteiger partial charge in [-0.05, 0) is 6.92 Å². The van der Waals surface area contributed by atoms with Gasteiger partial charge >= 0.3 is 0 Å². The Balaban J connectivity index is 2.36. The maximum Gasteiger partial charge on any atom is 0.251 e. The second kappa shape index (κ2) is 3.59. The van der Waals surface area contributed by atoms with Crippen molar-refractivity contribution in [3.8, 4) is 11.4 Å². The van der Waals surface area contributed by atoms with E-state index in [1.807, 2.05) is 41.7 Å². The number of aromatic nitrogens is 3. The van der Waals surface area contributed by atoms with Gasteiger partial charge in [-0.3, -0.25) is 9.20 Å². The standard InChI is InChI=1S/C13H11N3O/c1-9-7-12(17)15-11-8-14-13(16(9)11)10-5-3-2-4-6-10/h2-8H,1H3,(H,15,17). The molecule has 0 radical (unpaired) electrons. The number of aryl methyl sites for hydroxylation is 1. The smallest absolute Gasteiger partial charge is 0.251 e. The van der Waals surface area contributed by atoms with Crippen LogP contribution in [0.5, 0.6) is 0 Å². The second-order valence-corrected chi connectivity index (χ2v) is 3.94. The molecule has 4 heteroatoms. The Morgan fingerprint density at radius 3 is 2.76 bits per heavy atom. The van der Waals surface area contributed by atoms with Crippen LogP contribution in [0.4, 0.5) is 0 Å². The van der Waals surface area contributed by atoms with Crippen LogP contribution in [-0.4, -0.2) is 14.4 Å². The van der Waals surface area contributed by atoms with E-state index in [2.05, 4.69) is 9.97 Å². The minimum atomic E-state index is -0.102. The highest BCUT2D eigenvalue weighted by Gasteiger charge is 2.08. The van der Waals surface area contributed by atoms with Gasteiger partial charge in [0.2, 0.25) is 0 Å². The molecule has 1 aromatic carbocycles. The van der Waals surface area contributed by atoms with E-state index in [1.165, 1.54) is 0 Å². The first-order chi connectivity index (χ1) is 8.25. The minimum absolute atomic E-state index is 0.102. The van der Waals surface area contributed by atoms with Crippen molar-refractivity contribution < 1.29 is 0 Å². The summed E-state index contributed by atoms with van der Waals surface area (Å²) in [5.74, 6) is 0.842. The van der Waals surface area contributed by atoms with E-state index in [1.54, 1.807) is 12.3 Å². The number of benzene rings is 1. The van der Waals surface area contributed by atoms with Crippen molar-refractivity contribution >= 4 is 5.65 Å². The second-order valence-electron chi connectivity index (χ2n) is 3.94. The van der Waals surface area contributed by atoms with Gasteiger partial charge in [0.15, 0.2) is 0 Å². The van der Waals surface area contributed by atoms with Crippen LogP contribution in [0.1, 0.15) is 5.69 Å². The average Bonchev–Trinajstić information content (AvgIpc) is 2.74. The molecule has 2 aromatic heterocycles. The number of hydrogen-bond acceptors (Lipinski definition) is 2. The molecule has 84 valence electrons. The Bertz CT molecular complexity index is 725. The van der Waals surface area contributed by atoms with E-state index in [4.69, 9.17) is 0 Å². The fourth-order valence-electron chi connectivity index (χ4n) is 2.00. The van der Waals surface area contributed by atoms with Crippen LogP contribution in [0, 0.1) is 6.92 Å². The lowest BCUT2D eigenvalue weighted by Crippen LogP contribution is -2.09. The number of fused-ring (bicyclic) bond motifs is 1. The van der Waals surface area contributed by atoms with Crippen molar-refractivity contribution in [2.75, 3.05) is 0 Å². The van der Waals surface area contributed by atoms with Crippen LogP contribution in [0.15, 0.2) is 47.4 Å². The monoisotopic (exact) mass is 225 g/mol. The summed E-state index contributed by atoms with van der Waals surface area (Å²) in [6, 6.07) is 11.5. The molecule has 0 aliphatic heterocycles. The van der Waals surface area contributed by atoms with Gasteiger partial charge in [-0.2, -0.15) is 0 Å². The number of hydrogen-bond donors (Lipinski definition) is 1. The van der Waals surface area contributed by atoms with Gasteiger partial charge in [0, 0.05) is 17.3 Å². The summed E-state index contributed by atoms with van der Waals surface area (Å²) in [6.45, 7) is 1.90. The van der Waals surface area contributed by atoms with Crippen molar-refractivity contribution in [2.45, 2.75) is 6.92 Å². The number of imidazole rings is 1. The molecule has 3 rings (SSSR count). The van der Waals surface area contributed by atoms with Gasteiger partial charge in [-0.25, -0.2) is 4.98 Å². The molecular weight excluding hydrogens is 214 g/mol. The first kappa shape index (κ1) is 9.84. The van der Waals surface area contributed by atoms with Crippen LogP contribution >= 0.6 is 0 Å². The van der Waals surface area contributed by atoms with E-state index in [0.29, 0.717) is 5.65 Å². The molecule has 0 amide bonds. The number of nitrogens with zero attached hydrogens (tertiary/aromatic N) is 2. The van der Waals surface area contributed by atoms with E-state index in [0.717, 1.165) is 17.1 Å². The summed E-state index contributed by atoms with van der Waals surface area (Å²) in [7, 11) is 0. The van der Waals surface area contributed by atoms with E-state index >= 15 is 0 Å². The van der Waals surface area contributed by atoms with Gasteiger partial charge in [0.05, 0.1) is 6.20 Å². The van der Waals surface area contributed by atoms with Gasteiger partial charge in [0.25, 0.3) is 5.56 Å². The van der Waals surface area contributed by atoms with E-state index in [9.17, 15) is 4.79 Å². The Hall–Kier alpha value is -2.36. The largest absolute Gasteiger partial charge is 0.307 e. The molecule has 0 fully saturated rings. The summed E-state index contributed by atoms with van der Waals surface area (Å²) < 4.78 is 1.94. The molecule has 0 saturated carbocycles. The highest BCUT2D eigenvalue weighted by atomic mass is 16.1. The predicted molar refractivity (Wildman–Crippen MR) is 66.0 cm³/mol. The van der Waals surface area contributed by atoms with Crippen LogP contribution < -0.4 is 5.56 Å². The molecule has 0 aliphatic rings. The van der Waals surface area contributed by atoms with E-state index < -0.39 is 0 Å². The van der Waals surface area contributed by atoms with Gasteiger partial charge < -0.3 is 4.98 Å². The molecule has 0 atom stereocenters. The number of rotatable bonds is 1. The molecular formula is C13H11N3O. The normalized spacial score (nSPS) is 10.9. The first-order valence-electron chi connectivity index (χ1n) is 5.38. The fourth-order valence-corrected chi connectivity index (χ4v) is 2.00. The van der Waals surface area contributed by atoms with Crippen LogP contribution in [0.25, 0.3) is 17.0 Å². The lowest BCUT2D eigenvalue weighted by atomic mass is 10.2. The molecule has 0 bridgehead atoms. The van der Waals surface area contributed by atoms with Gasteiger partial charge in [-0.15, -0.1) is 0 Å². The lowest BCUT2D eigenvalue weighted by Gasteiger charge is -2.04. The third-order valence-corrected chi connectivity index (χ3v) is 2.74. The zero-order chi connectivity index (χ0) is 11.8. The number of H-pyrrole nitrogens is 1. The maximum atomic E-state index is 11.4. The van der Waals surface area contributed by atoms with Crippen molar-refractivity contribution in [1.82, 2.24) is 14.4 Å². The molecule has 4 nitrogen and oxygen atoms in total. The molecule has 0 unspecified atom stereocenters. The highest BCUT2D eigenvalue weighted by Crippen LogP contribution is 2.18. The molecule has 0 spiro atoms. The first-order valence-corrected chi connectivity index (χ1v) is 5.38. The summed E-state index contributed by atoms with van der Waals surface area (Å²) in [6.07, 6.45) is 1.68. The molecule has 1 N–H and O–H groups in total. The number of nitrogens with one attached hydrogen (secondary N) is 1. The zero-order valence-corrected chi connectivity index (χ0v) is 9.34. The Labute approximate surface area is 97.6 Å². The third kappa shape index (κ3) is 1.54. The SMILES string of the molecule is Cc1cc(=O)[nH]c2cnc(-c3ccccc3)n12. The van der Waals surface area contributed by atoms with Gasteiger partial charge in [-0.1, -0.05) is 30.3 Å². The Morgan fingerprint density at radius 2 is 2.00 bits per heavy atom. The van der Waals surface area contributed by atoms with E-state index in [-0.39, 0.29) is 5.56 Å². The van der Waals surface area contributed by atoms with Crippen molar-refractivity contribution in [3.05, 3.63) is 58.6 Å². The summed E-state index contributed by atoms with van der Waals surface area (Å²) in [4.78, 5) is 18.5. The quantitative estimate of drug-likeness (QED) is 0.688. The predicted octanol–water partition coefficient (Wildman–Crippen LogP) is 2.00. The number of aromatic amines is 1. The molecule has 17 heavy (non-hydrogen) atoms. The third-order valence-electron chi connectivity index (χ3n) is 2.74. The summed E-state index contributed by atoms with van der Waals surface area (Å²) in [5.41, 5.74) is 2.52. The Kier molecular flexibility index (Phi) is 2.08. The van der Waals surface area contributed by atoms with Crippen molar-refractivity contribution in [1.29, 1.82) is 0 Å². The lowest BCUT2D eigenvalue weighted by molar-refractivity contribution is 1.03. The molecule has 2 heterocycles. The van der Waals surface area contributed by atoms with Crippen LogP contribution in [-0.2, 0) is 0 Å². The van der Waals surface area contributed by atoms with Gasteiger partial charge in [0.1, 0.15) is 11.5 Å². The molecule has 0 saturated heterocycles. The Morgan fingerprint density at radius 1 is 1.24 bits per heavy atom. The van der Waals surface area contributed by atoms with Crippen molar-refractivity contribution in [2.24, 2.45) is 0 Å². The van der Waals surface area contributed by atoms with Crippen LogP contribution in [0.2, 0.25) is 0 Å². The summed E-state index contributed by atoms with van der Waals surface area (Å²) >= 11 is 0. The molecule has 0 aliphatic carbocycles. The molecule has 3 aromatic rings. The van der Waals surface area contributed by atoms with Crippen molar-refractivity contribution in [3.63, 3.8) is 0 Å².